The lowest BCUT2D eigenvalue weighted by Gasteiger charge is -2.34. The Morgan fingerprint density at radius 3 is 2.63 bits per heavy atom. The molecule has 0 radical (unpaired) electrons. The van der Waals surface area contributed by atoms with Gasteiger partial charge in [-0.1, -0.05) is 47.7 Å². The number of thiazole rings is 1. The number of anilines is 1. The lowest BCUT2D eigenvalue weighted by atomic mass is 10.2. The molecule has 0 bridgehead atoms. The highest BCUT2D eigenvalue weighted by atomic mass is 32.1. The van der Waals surface area contributed by atoms with Crippen LogP contribution in [-0.2, 0) is 6.54 Å². The van der Waals surface area contributed by atoms with Gasteiger partial charge in [-0.15, -0.1) is 0 Å². The normalized spacial score (nSPS) is 14.4. The molecule has 2 aromatic carbocycles. The maximum Gasteiger partial charge on any atom is 0.317 e. The summed E-state index contributed by atoms with van der Waals surface area (Å²) in [6, 6.07) is 15.9. The maximum atomic E-state index is 12.4. The molecule has 0 atom stereocenters. The van der Waals surface area contributed by atoms with Gasteiger partial charge < -0.3 is 19.9 Å². The number of amides is 2. The highest BCUT2D eigenvalue weighted by Gasteiger charge is 2.23. The second-order valence-corrected chi connectivity index (χ2v) is 7.43. The fraction of sp³-hybridized carbons (Fsp3) is 0.300. The van der Waals surface area contributed by atoms with Crippen LogP contribution in [0.1, 0.15) is 5.56 Å². The van der Waals surface area contributed by atoms with Crippen LogP contribution in [0.4, 0.5) is 9.93 Å². The van der Waals surface area contributed by atoms with Crippen LogP contribution >= 0.6 is 11.3 Å². The van der Waals surface area contributed by atoms with Gasteiger partial charge in [-0.25, -0.2) is 9.78 Å². The summed E-state index contributed by atoms with van der Waals surface area (Å²) in [4.78, 5) is 21.3. The number of aromatic nitrogens is 1. The van der Waals surface area contributed by atoms with E-state index in [9.17, 15) is 4.79 Å². The van der Waals surface area contributed by atoms with Gasteiger partial charge >= 0.3 is 6.03 Å². The molecule has 1 N–H and O–H groups in total. The maximum absolute atomic E-state index is 12.4. The van der Waals surface area contributed by atoms with Crippen LogP contribution < -0.4 is 15.0 Å². The summed E-state index contributed by atoms with van der Waals surface area (Å²) in [6.07, 6.45) is 0. The Kier molecular flexibility index (Phi) is 5.11. The number of urea groups is 1. The first kappa shape index (κ1) is 17.6. The third-order valence-electron chi connectivity index (χ3n) is 4.71. The third kappa shape index (κ3) is 3.83. The van der Waals surface area contributed by atoms with Gasteiger partial charge in [0.2, 0.25) is 0 Å². The molecule has 1 aromatic heterocycles. The van der Waals surface area contributed by atoms with E-state index >= 15 is 0 Å². The van der Waals surface area contributed by atoms with Crippen LogP contribution in [0.15, 0.2) is 48.5 Å². The van der Waals surface area contributed by atoms with Gasteiger partial charge in [0, 0.05) is 32.7 Å². The third-order valence-corrected chi connectivity index (χ3v) is 5.80. The molecule has 1 fully saturated rings. The first-order valence-electron chi connectivity index (χ1n) is 9.00. The molecule has 7 heteroatoms. The number of methoxy groups -OCH3 is 1. The largest absolute Gasteiger partial charge is 0.494 e. The standard InChI is InChI=1S/C20H22N4O2S/c1-26-16-8-5-9-17-18(16)22-20(27-17)24-12-10-23(11-13-24)19(25)21-14-15-6-3-2-4-7-15/h2-9H,10-14H2,1H3,(H,21,25). The Balaban J connectivity index is 1.35. The molecule has 1 aliphatic heterocycles. The molecule has 3 aromatic rings. The number of ether oxygens (including phenoxy) is 1. The van der Waals surface area contributed by atoms with Gasteiger partial charge in [0.15, 0.2) is 5.13 Å². The van der Waals surface area contributed by atoms with Gasteiger partial charge in [-0.05, 0) is 17.7 Å². The number of carbonyl (C=O) groups excluding carboxylic acids is 1. The van der Waals surface area contributed by atoms with Crippen molar-refractivity contribution in [3.8, 4) is 5.75 Å². The zero-order valence-electron chi connectivity index (χ0n) is 15.2. The number of carbonyl (C=O) groups is 1. The van der Waals surface area contributed by atoms with Crippen molar-refractivity contribution < 1.29 is 9.53 Å². The predicted octanol–water partition coefficient (Wildman–Crippen LogP) is 3.34. The minimum Gasteiger partial charge on any atom is -0.494 e. The second-order valence-electron chi connectivity index (χ2n) is 6.42. The van der Waals surface area contributed by atoms with Crippen molar-refractivity contribution in [1.29, 1.82) is 0 Å². The Bertz CT molecular complexity index is 920. The van der Waals surface area contributed by atoms with Crippen LogP contribution in [0.5, 0.6) is 5.75 Å². The molecule has 2 amide bonds. The smallest absolute Gasteiger partial charge is 0.317 e. The molecule has 4 rings (SSSR count). The van der Waals surface area contributed by atoms with Crippen LogP contribution in [0.3, 0.4) is 0 Å². The van der Waals surface area contributed by atoms with E-state index in [0.29, 0.717) is 19.6 Å². The quantitative estimate of drug-likeness (QED) is 0.752. The molecule has 6 nitrogen and oxygen atoms in total. The van der Waals surface area contributed by atoms with E-state index in [-0.39, 0.29) is 6.03 Å². The fourth-order valence-electron chi connectivity index (χ4n) is 3.20. The highest BCUT2D eigenvalue weighted by Crippen LogP contribution is 2.34. The van der Waals surface area contributed by atoms with Crippen LogP contribution in [-0.4, -0.2) is 49.2 Å². The van der Waals surface area contributed by atoms with E-state index in [4.69, 9.17) is 9.72 Å². The number of nitrogens with zero attached hydrogens (tertiary/aromatic N) is 3. The summed E-state index contributed by atoms with van der Waals surface area (Å²) in [5.41, 5.74) is 2.01. The van der Waals surface area contributed by atoms with E-state index in [0.717, 1.165) is 39.8 Å². The van der Waals surface area contributed by atoms with E-state index in [2.05, 4.69) is 16.3 Å². The highest BCUT2D eigenvalue weighted by molar-refractivity contribution is 7.22. The number of nitrogens with one attached hydrogen (secondary N) is 1. The summed E-state index contributed by atoms with van der Waals surface area (Å²) in [6.45, 7) is 3.49. The number of fused-ring (bicyclic) bond motifs is 1. The average Bonchev–Trinajstić information content (AvgIpc) is 3.17. The molecule has 0 saturated carbocycles. The van der Waals surface area contributed by atoms with Crippen molar-refractivity contribution in [2.45, 2.75) is 6.54 Å². The predicted molar refractivity (Wildman–Crippen MR) is 109 cm³/mol. The zero-order valence-corrected chi connectivity index (χ0v) is 16.0. The Morgan fingerprint density at radius 2 is 1.89 bits per heavy atom. The van der Waals surface area contributed by atoms with Crippen LogP contribution in [0.25, 0.3) is 10.2 Å². The molecule has 2 heterocycles. The molecule has 1 saturated heterocycles. The van der Waals surface area contributed by atoms with Crippen molar-refractivity contribution in [2.24, 2.45) is 0 Å². The minimum absolute atomic E-state index is 0.00975. The summed E-state index contributed by atoms with van der Waals surface area (Å²) in [5.74, 6) is 0.800. The molecule has 0 unspecified atom stereocenters. The van der Waals surface area contributed by atoms with Crippen molar-refractivity contribution in [1.82, 2.24) is 15.2 Å². The van der Waals surface area contributed by atoms with Crippen molar-refractivity contribution in [2.75, 3.05) is 38.2 Å². The summed E-state index contributed by atoms with van der Waals surface area (Å²) >= 11 is 1.67. The number of para-hydroxylation sites is 1. The zero-order chi connectivity index (χ0) is 18.6. The second kappa shape index (κ2) is 7.84. The van der Waals surface area contributed by atoms with Crippen molar-refractivity contribution >= 4 is 32.7 Å². The van der Waals surface area contributed by atoms with Crippen LogP contribution in [0, 0.1) is 0 Å². The topological polar surface area (TPSA) is 57.7 Å². The SMILES string of the molecule is COc1cccc2sc(N3CCN(C(=O)NCc4ccccc4)CC3)nc12. The molecule has 1 aliphatic rings. The molecule has 0 spiro atoms. The summed E-state index contributed by atoms with van der Waals surface area (Å²) in [5, 5.41) is 3.98. The Labute approximate surface area is 162 Å². The molecular weight excluding hydrogens is 360 g/mol. The monoisotopic (exact) mass is 382 g/mol. The van der Waals surface area contributed by atoms with E-state index in [1.54, 1.807) is 18.4 Å². The van der Waals surface area contributed by atoms with E-state index in [1.807, 2.05) is 47.4 Å². The summed E-state index contributed by atoms with van der Waals surface area (Å²) in [7, 11) is 1.67. The van der Waals surface area contributed by atoms with Gasteiger partial charge in [0.25, 0.3) is 0 Å². The van der Waals surface area contributed by atoms with Gasteiger partial charge in [0.1, 0.15) is 11.3 Å². The lowest BCUT2D eigenvalue weighted by molar-refractivity contribution is 0.194. The van der Waals surface area contributed by atoms with Gasteiger partial charge in [0.05, 0.1) is 11.8 Å². The van der Waals surface area contributed by atoms with Gasteiger partial charge in [-0.2, -0.15) is 0 Å². The Hall–Kier alpha value is -2.80. The summed E-state index contributed by atoms with van der Waals surface area (Å²) < 4.78 is 6.52. The van der Waals surface area contributed by atoms with E-state index < -0.39 is 0 Å². The molecule has 27 heavy (non-hydrogen) atoms. The van der Waals surface area contributed by atoms with Crippen molar-refractivity contribution in [3.05, 3.63) is 54.1 Å². The number of benzene rings is 2. The first-order chi connectivity index (χ1) is 13.2. The lowest BCUT2D eigenvalue weighted by Crippen LogP contribution is -2.51. The average molecular weight is 382 g/mol. The Morgan fingerprint density at radius 1 is 1.11 bits per heavy atom. The molecular formula is C20H22N4O2S. The number of hydrogen-bond donors (Lipinski definition) is 1. The first-order valence-corrected chi connectivity index (χ1v) is 9.81. The minimum atomic E-state index is -0.00975. The fourth-order valence-corrected chi connectivity index (χ4v) is 4.23. The van der Waals surface area contributed by atoms with E-state index in [1.165, 1.54) is 0 Å². The molecule has 140 valence electrons. The molecule has 0 aliphatic carbocycles. The van der Waals surface area contributed by atoms with Gasteiger partial charge in [-0.3, -0.25) is 0 Å². The van der Waals surface area contributed by atoms with Crippen LogP contribution in [0.2, 0.25) is 0 Å². The number of rotatable bonds is 4. The number of piperazine rings is 1. The number of hydrogen-bond acceptors (Lipinski definition) is 5. The van der Waals surface area contributed by atoms with Crippen molar-refractivity contribution in [3.63, 3.8) is 0 Å².